The lowest BCUT2D eigenvalue weighted by molar-refractivity contribution is -0.395. The number of carbonyl (C=O) groups is 1. The number of benzene rings is 2. The lowest BCUT2D eigenvalue weighted by Crippen LogP contribution is -2.21. The number of hydrogen-bond acceptors (Lipinski definition) is 6. The average Bonchev–Trinajstić information content (AvgIpc) is 2.63. The molecule has 9 heteroatoms. The molecule has 0 aliphatic heterocycles. The van der Waals surface area contributed by atoms with Gasteiger partial charge in [0.25, 0.3) is 17.3 Å². The Morgan fingerprint density at radius 2 is 1.48 bits per heavy atom. The fourth-order valence-corrected chi connectivity index (χ4v) is 2.74. The number of nitrogens with one attached hydrogen (secondary N) is 1. The fourth-order valence-electron chi connectivity index (χ4n) is 2.74. The molecule has 9 nitrogen and oxygen atoms in total. The first-order valence-electron chi connectivity index (χ1n) is 8.38. The summed E-state index contributed by atoms with van der Waals surface area (Å²) in [6.45, 7) is 7.05. The molecule has 0 atom stereocenters. The van der Waals surface area contributed by atoms with Gasteiger partial charge < -0.3 is 10.2 Å². The zero-order valence-electron chi connectivity index (χ0n) is 15.3. The van der Waals surface area contributed by atoms with Gasteiger partial charge in [0.1, 0.15) is 5.56 Å². The Hall–Kier alpha value is -3.49. The van der Waals surface area contributed by atoms with E-state index in [1.54, 1.807) is 12.1 Å². The predicted octanol–water partition coefficient (Wildman–Crippen LogP) is 3.91. The molecule has 0 aliphatic rings. The molecule has 2 rings (SSSR count). The van der Waals surface area contributed by atoms with Gasteiger partial charge in [-0.05, 0) is 45.0 Å². The molecule has 1 amide bonds. The first kappa shape index (κ1) is 19.8. The van der Waals surface area contributed by atoms with E-state index in [-0.39, 0.29) is 11.1 Å². The molecule has 0 saturated heterocycles. The lowest BCUT2D eigenvalue weighted by Gasteiger charge is -2.21. The minimum atomic E-state index is -0.738. The Morgan fingerprint density at radius 3 is 1.89 bits per heavy atom. The van der Waals surface area contributed by atoms with E-state index in [0.29, 0.717) is 5.69 Å². The summed E-state index contributed by atoms with van der Waals surface area (Å²) in [7, 11) is 0. The Kier molecular flexibility index (Phi) is 6.07. The third-order valence-electron chi connectivity index (χ3n) is 4.26. The van der Waals surface area contributed by atoms with E-state index in [9.17, 15) is 25.0 Å². The molecule has 1 N–H and O–H groups in total. The van der Waals surface area contributed by atoms with E-state index in [0.717, 1.165) is 30.9 Å². The molecule has 0 heterocycles. The number of nitrogens with zero attached hydrogens (tertiary/aromatic N) is 3. The Bertz CT molecular complexity index is 841. The van der Waals surface area contributed by atoms with Crippen molar-refractivity contribution in [2.45, 2.75) is 20.8 Å². The maximum atomic E-state index is 12.4. The number of anilines is 2. The van der Waals surface area contributed by atoms with Crippen molar-refractivity contribution in [2.75, 3.05) is 23.3 Å². The van der Waals surface area contributed by atoms with Crippen LogP contribution in [0.4, 0.5) is 22.7 Å². The third kappa shape index (κ3) is 4.38. The van der Waals surface area contributed by atoms with Crippen LogP contribution in [0.25, 0.3) is 0 Å². The molecule has 2 aromatic carbocycles. The summed E-state index contributed by atoms with van der Waals surface area (Å²) in [5.74, 6) is -0.656. The zero-order valence-corrected chi connectivity index (χ0v) is 15.3. The largest absolute Gasteiger partial charge is 0.372 e. The van der Waals surface area contributed by atoms with Crippen molar-refractivity contribution in [3.63, 3.8) is 0 Å². The maximum absolute atomic E-state index is 12.4. The van der Waals surface area contributed by atoms with Crippen molar-refractivity contribution in [1.82, 2.24) is 0 Å². The van der Waals surface area contributed by atoms with Crippen molar-refractivity contribution >= 4 is 28.7 Å². The van der Waals surface area contributed by atoms with Crippen molar-refractivity contribution in [3.8, 4) is 0 Å². The highest BCUT2D eigenvalue weighted by atomic mass is 16.6. The van der Waals surface area contributed by atoms with Gasteiger partial charge in [0.05, 0.1) is 15.4 Å². The number of nitro benzene ring substituents is 2. The number of amides is 1. The molecule has 142 valence electrons. The summed E-state index contributed by atoms with van der Waals surface area (Å²) in [4.78, 5) is 35.4. The number of nitro groups is 2. The van der Waals surface area contributed by atoms with Gasteiger partial charge in [0.15, 0.2) is 0 Å². The van der Waals surface area contributed by atoms with E-state index in [1.807, 2.05) is 26.0 Å². The first-order valence-corrected chi connectivity index (χ1v) is 8.38. The van der Waals surface area contributed by atoms with Crippen molar-refractivity contribution in [3.05, 3.63) is 67.8 Å². The van der Waals surface area contributed by atoms with Crippen LogP contribution < -0.4 is 10.2 Å². The molecule has 0 fully saturated rings. The van der Waals surface area contributed by atoms with Gasteiger partial charge in [0.2, 0.25) is 0 Å². The summed E-state index contributed by atoms with van der Waals surface area (Å²) in [5, 5.41) is 24.9. The van der Waals surface area contributed by atoms with Gasteiger partial charge in [-0.25, -0.2) is 0 Å². The lowest BCUT2D eigenvalue weighted by atomic mass is 10.1. The summed E-state index contributed by atoms with van der Waals surface area (Å²) in [5.41, 5.74) is 0.316. The van der Waals surface area contributed by atoms with Gasteiger partial charge in [-0.15, -0.1) is 0 Å². The van der Waals surface area contributed by atoms with E-state index in [1.165, 1.54) is 6.92 Å². The van der Waals surface area contributed by atoms with E-state index in [4.69, 9.17) is 0 Å². The summed E-state index contributed by atoms with van der Waals surface area (Å²) in [6.07, 6.45) is 0. The topological polar surface area (TPSA) is 119 Å². The average molecular weight is 372 g/mol. The van der Waals surface area contributed by atoms with Crippen LogP contribution >= 0.6 is 0 Å². The Labute approximate surface area is 155 Å². The standard InChI is InChI=1S/C18H20N4O5/c1-4-20(5-2)15-8-6-14(7-9-15)19-18(23)13-10-16(21(24)25)12(3)17(11-13)22(26)27/h6-11H,4-5H2,1-3H3,(H,19,23). The molecule has 27 heavy (non-hydrogen) atoms. The first-order chi connectivity index (χ1) is 12.8. The molecule has 0 spiro atoms. The normalized spacial score (nSPS) is 10.3. The van der Waals surface area contributed by atoms with Crippen molar-refractivity contribution in [1.29, 1.82) is 0 Å². The van der Waals surface area contributed by atoms with Crippen LogP contribution in [-0.4, -0.2) is 28.8 Å². The predicted molar refractivity (Wildman–Crippen MR) is 102 cm³/mol. The van der Waals surface area contributed by atoms with E-state index in [2.05, 4.69) is 10.2 Å². The molecule has 0 bridgehead atoms. The molecular weight excluding hydrogens is 352 g/mol. The van der Waals surface area contributed by atoms with E-state index >= 15 is 0 Å². The molecule has 0 saturated carbocycles. The van der Waals surface area contributed by atoms with Crippen molar-refractivity contribution in [2.24, 2.45) is 0 Å². The zero-order chi connectivity index (χ0) is 20.1. The summed E-state index contributed by atoms with van der Waals surface area (Å²) in [6, 6.07) is 9.21. The maximum Gasteiger partial charge on any atom is 0.279 e. The Balaban J connectivity index is 2.30. The molecular formula is C18H20N4O5. The van der Waals surface area contributed by atoms with Crippen LogP contribution in [0.2, 0.25) is 0 Å². The third-order valence-corrected chi connectivity index (χ3v) is 4.26. The second-order valence-corrected chi connectivity index (χ2v) is 5.83. The molecule has 2 aromatic rings. The van der Waals surface area contributed by atoms with E-state index < -0.39 is 27.1 Å². The minimum absolute atomic E-state index is 0.0925. The fraction of sp³-hybridized carbons (Fsp3) is 0.278. The van der Waals surface area contributed by atoms with Crippen LogP contribution in [0.1, 0.15) is 29.8 Å². The summed E-state index contributed by atoms with van der Waals surface area (Å²) >= 11 is 0. The van der Waals surface area contributed by atoms with Crippen LogP contribution in [0.5, 0.6) is 0 Å². The molecule has 0 unspecified atom stereocenters. The van der Waals surface area contributed by atoms with Crippen LogP contribution in [0.15, 0.2) is 36.4 Å². The summed E-state index contributed by atoms with van der Waals surface area (Å²) < 4.78 is 0. The second-order valence-electron chi connectivity index (χ2n) is 5.83. The smallest absolute Gasteiger partial charge is 0.279 e. The van der Waals surface area contributed by atoms with Gasteiger partial charge in [-0.3, -0.25) is 25.0 Å². The quantitative estimate of drug-likeness (QED) is 0.581. The number of rotatable bonds is 7. The van der Waals surface area contributed by atoms with Crippen LogP contribution in [0, 0.1) is 27.2 Å². The minimum Gasteiger partial charge on any atom is -0.372 e. The second kappa shape index (κ2) is 8.26. The monoisotopic (exact) mass is 372 g/mol. The molecule has 0 aromatic heterocycles. The van der Waals surface area contributed by atoms with Gasteiger partial charge in [-0.1, -0.05) is 0 Å². The Morgan fingerprint density at radius 1 is 1.00 bits per heavy atom. The molecule has 0 aliphatic carbocycles. The highest BCUT2D eigenvalue weighted by Gasteiger charge is 2.25. The van der Waals surface area contributed by atoms with Gasteiger partial charge in [0, 0.05) is 36.6 Å². The SMILES string of the molecule is CCN(CC)c1ccc(NC(=O)c2cc([N+](=O)[O-])c(C)c([N+](=O)[O-])c2)cc1. The van der Waals surface area contributed by atoms with Gasteiger partial charge >= 0.3 is 0 Å². The highest BCUT2D eigenvalue weighted by molar-refractivity contribution is 6.05. The highest BCUT2D eigenvalue weighted by Crippen LogP contribution is 2.29. The van der Waals surface area contributed by atoms with Gasteiger partial charge in [-0.2, -0.15) is 0 Å². The van der Waals surface area contributed by atoms with Crippen LogP contribution in [0.3, 0.4) is 0 Å². The number of carbonyl (C=O) groups excluding carboxylic acids is 1. The number of hydrogen-bond donors (Lipinski definition) is 1. The van der Waals surface area contributed by atoms with Crippen LogP contribution in [-0.2, 0) is 0 Å². The van der Waals surface area contributed by atoms with Crippen molar-refractivity contribution < 1.29 is 14.6 Å². The molecule has 0 radical (unpaired) electrons.